The number of rotatable bonds is 11. The zero-order chi connectivity index (χ0) is 18.5. The van der Waals surface area contributed by atoms with Crippen molar-refractivity contribution in [1.29, 1.82) is 0 Å². The van der Waals surface area contributed by atoms with Gasteiger partial charge in [-0.15, -0.1) is 0 Å². The first kappa shape index (κ1) is 20.7. The van der Waals surface area contributed by atoms with Gasteiger partial charge in [0.05, 0.1) is 7.11 Å². The maximum Gasteiger partial charge on any atom is 0.408 e. The molecule has 0 aliphatic rings. The fourth-order valence-electron chi connectivity index (χ4n) is 2.32. The van der Waals surface area contributed by atoms with Crippen molar-refractivity contribution in [2.45, 2.75) is 58.1 Å². The van der Waals surface area contributed by atoms with Crippen molar-refractivity contribution in [2.75, 3.05) is 7.11 Å². The van der Waals surface area contributed by atoms with Crippen molar-refractivity contribution in [2.24, 2.45) is 0 Å². The van der Waals surface area contributed by atoms with Crippen molar-refractivity contribution in [3.05, 3.63) is 35.9 Å². The number of carbonyl (C=O) groups is 3. The van der Waals surface area contributed by atoms with E-state index in [-0.39, 0.29) is 12.4 Å². The number of esters is 1. The number of hydrogen-bond acceptors (Lipinski definition) is 5. The largest absolute Gasteiger partial charge is 0.467 e. The van der Waals surface area contributed by atoms with Crippen LogP contribution in [0.1, 0.15) is 51.0 Å². The third-order valence-electron chi connectivity index (χ3n) is 3.83. The number of methoxy groups -OCH3 is 1. The average Bonchev–Trinajstić information content (AvgIpc) is 2.65. The van der Waals surface area contributed by atoms with E-state index in [1.807, 2.05) is 37.3 Å². The second-order valence-corrected chi connectivity index (χ2v) is 5.77. The second-order valence-electron chi connectivity index (χ2n) is 5.77. The number of Topliss-reactive ketones (excluding diaryl/α,β-unsaturated/α-hetero) is 1. The number of hydrogen-bond donors (Lipinski definition) is 1. The molecule has 0 aromatic heterocycles. The molecule has 0 fully saturated rings. The SMILES string of the molecule is CCC(=O)CCCCC[C@H](NC(=O)OCc1ccccc1)C(=O)OC. The maximum absolute atomic E-state index is 11.9. The van der Waals surface area contributed by atoms with E-state index in [1.54, 1.807) is 0 Å². The van der Waals surface area contributed by atoms with E-state index in [1.165, 1.54) is 7.11 Å². The molecule has 1 amide bonds. The molecule has 0 saturated carbocycles. The van der Waals surface area contributed by atoms with E-state index in [0.717, 1.165) is 24.8 Å². The van der Waals surface area contributed by atoms with Crippen molar-refractivity contribution < 1.29 is 23.9 Å². The highest BCUT2D eigenvalue weighted by Crippen LogP contribution is 2.09. The van der Waals surface area contributed by atoms with Crippen molar-refractivity contribution >= 4 is 17.8 Å². The molecule has 1 N–H and O–H groups in total. The maximum atomic E-state index is 11.9. The van der Waals surface area contributed by atoms with Gasteiger partial charge in [0.15, 0.2) is 0 Å². The zero-order valence-corrected chi connectivity index (χ0v) is 15.0. The minimum atomic E-state index is -0.741. The number of carbonyl (C=O) groups excluding carboxylic acids is 3. The Hall–Kier alpha value is -2.37. The van der Waals surface area contributed by atoms with Gasteiger partial charge in [0.1, 0.15) is 18.4 Å². The van der Waals surface area contributed by atoms with E-state index in [2.05, 4.69) is 5.32 Å². The molecule has 1 aromatic rings. The molecule has 0 heterocycles. The van der Waals surface area contributed by atoms with Crippen LogP contribution >= 0.6 is 0 Å². The molecule has 1 rings (SSSR count). The standard InChI is InChI=1S/C19H27NO5/c1-3-16(21)12-8-5-9-13-17(18(22)24-2)20-19(23)25-14-15-10-6-4-7-11-15/h4,6-7,10-11,17H,3,5,8-9,12-14H2,1-2H3,(H,20,23)/t17-/m0/s1. The molecule has 0 spiro atoms. The fourth-order valence-corrected chi connectivity index (χ4v) is 2.32. The first-order valence-corrected chi connectivity index (χ1v) is 8.63. The first-order valence-electron chi connectivity index (χ1n) is 8.63. The zero-order valence-electron chi connectivity index (χ0n) is 15.0. The normalized spacial score (nSPS) is 11.4. The predicted octanol–water partition coefficient (Wildman–Crippen LogP) is 3.38. The predicted molar refractivity (Wildman–Crippen MR) is 93.9 cm³/mol. The van der Waals surface area contributed by atoms with E-state index < -0.39 is 18.1 Å². The van der Waals surface area contributed by atoms with E-state index in [4.69, 9.17) is 9.47 Å². The van der Waals surface area contributed by atoms with Crippen LogP contribution in [0.15, 0.2) is 30.3 Å². The molecular formula is C19H27NO5. The Kier molecular flexibility index (Phi) is 9.97. The first-order chi connectivity index (χ1) is 12.1. The molecule has 0 aliphatic heterocycles. The second kappa shape index (κ2) is 12.1. The van der Waals surface area contributed by atoms with Gasteiger partial charge in [-0.25, -0.2) is 9.59 Å². The number of unbranched alkanes of at least 4 members (excludes halogenated alkanes) is 2. The number of benzene rings is 1. The van der Waals surface area contributed by atoms with Gasteiger partial charge < -0.3 is 14.8 Å². The molecule has 0 unspecified atom stereocenters. The lowest BCUT2D eigenvalue weighted by Gasteiger charge is -2.16. The van der Waals surface area contributed by atoms with Crippen molar-refractivity contribution in [3.63, 3.8) is 0 Å². The van der Waals surface area contributed by atoms with E-state index in [0.29, 0.717) is 19.3 Å². The third-order valence-corrected chi connectivity index (χ3v) is 3.83. The third kappa shape index (κ3) is 8.88. The van der Waals surface area contributed by atoms with E-state index >= 15 is 0 Å². The molecule has 138 valence electrons. The van der Waals surface area contributed by atoms with Crippen molar-refractivity contribution in [3.8, 4) is 0 Å². The van der Waals surface area contributed by atoms with Crippen LogP contribution in [0.25, 0.3) is 0 Å². The Morgan fingerprint density at radius 1 is 1.08 bits per heavy atom. The van der Waals surface area contributed by atoms with Crippen LogP contribution in [0.4, 0.5) is 4.79 Å². The van der Waals surface area contributed by atoms with Crippen LogP contribution < -0.4 is 5.32 Å². The van der Waals surface area contributed by atoms with Crippen LogP contribution in [0.5, 0.6) is 0 Å². The Bertz CT molecular complexity index is 544. The monoisotopic (exact) mass is 349 g/mol. The lowest BCUT2D eigenvalue weighted by atomic mass is 10.1. The molecule has 1 aromatic carbocycles. The lowest BCUT2D eigenvalue weighted by molar-refractivity contribution is -0.143. The summed E-state index contributed by atoms with van der Waals surface area (Å²) in [5.74, 6) is -0.256. The van der Waals surface area contributed by atoms with Gasteiger partial charge in [-0.2, -0.15) is 0 Å². The van der Waals surface area contributed by atoms with Gasteiger partial charge in [0, 0.05) is 12.8 Å². The van der Waals surface area contributed by atoms with Gasteiger partial charge in [-0.3, -0.25) is 4.79 Å². The minimum absolute atomic E-state index is 0.139. The Morgan fingerprint density at radius 2 is 1.80 bits per heavy atom. The number of amides is 1. The summed E-state index contributed by atoms with van der Waals surface area (Å²) >= 11 is 0. The van der Waals surface area contributed by atoms with Gasteiger partial charge >= 0.3 is 12.1 Å². The highest BCUT2D eigenvalue weighted by atomic mass is 16.6. The number of alkyl carbamates (subject to hydrolysis) is 1. The summed E-state index contributed by atoms with van der Waals surface area (Å²) in [5.41, 5.74) is 0.868. The van der Waals surface area contributed by atoms with Crippen LogP contribution in [0.3, 0.4) is 0 Å². The summed E-state index contributed by atoms with van der Waals surface area (Å²) in [6.07, 6.45) is 3.24. The number of ketones is 1. The molecular weight excluding hydrogens is 322 g/mol. The van der Waals surface area contributed by atoms with Gasteiger partial charge in [-0.1, -0.05) is 50.1 Å². The summed E-state index contributed by atoms with van der Waals surface area (Å²) in [4.78, 5) is 34.9. The molecule has 6 nitrogen and oxygen atoms in total. The van der Waals surface area contributed by atoms with Gasteiger partial charge in [-0.05, 0) is 18.4 Å². The number of ether oxygens (including phenoxy) is 2. The van der Waals surface area contributed by atoms with Crippen LogP contribution in [0, 0.1) is 0 Å². The molecule has 0 saturated heterocycles. The molecule has 0 bridgehead atoms. The Balaban J connectivity index is 2.35. The summed E-state index contributed by atoms with van der Waals surface area (Å²) in [7, 11) is 1.28. The van der Waals surface area contributed by atoms with E-state index in [9.17, 15) is 14.4 Å². The van der Waals surface area contributed by atoms with Crippen molar-refractivity contribution in [1.82, 2.24) is 5.32 Å². The highest BCUT2D eigenvalue weighted by molar-refractivity contribution is 5.81. The smallest absolute Gasteiger partial charge is 0.408 e. The molecule has 6 heteroatoms. The summed E-state index contributed by atoms with van der Waals surface area (Å²) in [6, 6.07) is 8.56. The van der Waals surface area contributed by atoms with Gasteiger partial charge in [0.25, 0.3) is 0 Å². The fraction of sp³-hybridized carbons (Fsp3) is 0.526. The quantitative estimate of drug-likeness (QED) is 0.489. The minimum Gasteiger partial charge on any atom is -0.467 e. The lowest BCUT2D eigenvalue weighted by Crippen LogP contribution is -2.41. The van der Waals surface area contributed by atoms with Gasteiger partial charge in [0.2, 0.25) is 0 Å². The summed E-state index contributed by atoms with van der Waals surface area (Å²) < 4.78 is 9.85. The topological polar surface area (TPSA) is 81.7 Å². The molecule has 0 aliphatic carbocycles. The Morgan fingerprint density at radius 3 is 2.44 bits per heavy atom. The highest BCUT2D eigenvalue weighted by Gasteiger charge is 2.21. The van der Waals surface area contributed by atoms with Crippen LogP contribution in [-0.4, -0.2) is 31.0 Å². The van der Waals surface area contributed by atoms with Crippen LogP contribution in [0.2, 0.25) is 0 Å². The molecule has 1 atom stereocenters. The van der Waals surface area contributed by atoms with Crippen LogP contribution in [-0.2, 0) is 25.7 Å². The molecule has 25 heavy (non-hydrogen) atoms. The summed E-state index contributed by atoms with van der Waals surface area (Å²) in [6.45, 7) is 1.99. The summed E-state index contributed by atoms with van der Waals surface area (Å²) in [5, 5.41) is 2.55. The number of nitrogens with one attached hydrogen (secondary N) is 1. The average molecular weight is 349 g/mol. The molecule has 0 radical (unpaired) electrons. The Labute approximate surface area is 148 Å².